The van der Waals surface area contributed by atoms with Crippen molar-refractivity contribution in [2.45, 2.75) is 11.4 Å². The molecule has 0 aliphatic carbocycles. The highest BCUT2D eigenvalue weighted by atomic mass is 32.2. The fourth-order valence-electron chi connectivity index (χ4n) is 2.40. The van der Waals surface area contributed by atoms with E-state index in [-0.39, 0.29) is 17.0 Å². The van der Waals surface area contributed by atoms with Crippen LogP contribution >= 0.6 is 0 Å². The van der Waals surface area contributed by atoms with E-state index in [2.05, 4.69) is 19.5 Å². The van der Waals surface area contributed by atoms with E-state index >= 15 is 0 Å². The molecule has 0 fully saturated rings. The van der Waals surface area contributed by atoms with Gasteiger partial charge in [-0.15, -0.1) is 0 Å². The largest absolute Gasteiger partial charge is 0.465 e. The molecule has 3 aromatic rings. The van der Waals surface area contributed by atoms with Crippen LogP contribution in [0, 0.1) is 0 Å². The van der Waals surface area contributed by atoms with E-state index in [4.69, 9.17) is 0 Å². The minimum atomic E-state index is -3.71. The summed E-state index contributed by atoms with van der Waals surface area (Å²) in [5.74, 6) is -0.522. The maximum absolute atomic E-state index is 12.4. The van der Waals surface area contributed by atoms with E-state index in [1.54, 1.807) is 23.1 Å². The Bertz CT molecular complexity index is 1040. The van der Waals surface area contributed by atoms with Gasteiger partial charge >= 0.3 is 5.97 Å². The molecule has 27 heavy (non-hydrogen) atoms. The minimum absolute atomic E-state index is 0.0649. The number of nitrogens with one attached hydrogen (secondary N) is 1. The summed E-state index contributed by atoms with van der Waals surface area (Å²) in [4.78, 5) is 15.8. The van der Waals surface area contributed by atoms with Crippen LogP contribution in [-0.4, -0.2) is 36.3 Å². The Balaban J connectivity index is 1.67. The molecule has 0 atom stereocenters. The van der Waals surface area contributed by atoms with E-state index in [9.17, 15) is 13.2 Å². The van der Waals surface area contributed by atoms with Crippen LogP contribution in [0.4, 0.5) is 0 Å². The van der Waals surface area contributed by atoms with Crippen LogP contribution in [0.25, 0.3) is 11.3 Å². The number of methoxy groups -OCH3 is 1. The number of benzene rings is 1. The molecule has 0 bridgehead atoms. The quantitative estimate of drug-likeness (QED) is 0.648. The highest BCUT2D eigenvalue weighted by Crippen LogP contribution is 2.16. The van der Waals surface area contributed by atoms with Crippen LogP contribution in [0.2, 0.25) is 0 Å². The maximum atomic E-state index is 12.4. The number of esters is 1. The van der Waals surface area contributed by atoms with Gasteiger partial charge in [0, 0.05) is 31.5 Å². The highest BCUT2D eigenvalue weighted by molar-refractivity contribution is 7.89. The molecule has 2 aromatic heterocycles. The molecule has 2 heterocycles. The van der Waals surface area contributed by atoms with Gasteiger partial charge in [0.15, 0.2) is 0 Å². The van der Waals surface area contributed by atoms with Gasteiger partial charge in [-0.25, -0.2) is 17.9 Å². The number of aryl methyl sites for hydroxylation is 1. The molecule has 0 saturated heterocycles. The zero-order valence-corrected chi connectivity index (χ0v) is 15.6. The Hall–Kier alpha value is -3.04. The van der Waals surface area contributed by atoms with E-state index < -0.39 is 16.0 Å². The monoisotopic (exact) mass is 386 g/mol. The normalized spacial score (nSPS) is 11.3. The van der Waals surface area contributed by atoms with Gasteiger partial charge in [-0.2, -0.15) is 5.10 Å². The summed E-state index contributed by atoms with van der Waals surface area (Å²) in [5.41, 5.74) is 2.65. The number of nitrogens with zero attached hydrogens (tertiary/aromatic N) is 3. The summed E-state index contributed by atoms with van der Waals surface area (Å²) in [6, 6.07) is 9.15. The van der Waals surface area contributed by atoms with Crippen LogP contribution in [-0.2, 0) is 28.4 Å². The number of sulfonamides is 1. The van der Waals surface area contributed by atoms with Crippen LogP contribution in [0.1, 0.15) is 15.9 Å². The third-order valence-electron chi connectivity index (χ3n) is 3.88. The molecule has 1 N–H and O–H groups in total. The van der Waals surface area contributed by atoms with Gasteiger partial charge in [0.05, 0.1) is 29.5 Å². The lowest BCUT2D eigenvalue weighted by molar-refractivity contribution is 0.0600. The van der Waals surface area contributed by atoms with Crippen LogP contribution in [0.5, 0.6) is 0 Å². The van der Waals surface area contributed by atoms with Crippen LogP contribution in [0.3, 0.4) is 0 Å². The van der Waals surface area contributed by atoms with Gasteiger partial charge in [-0.3, -0.25) is 9.67 Å². The first-order valence-corrected chi connectivity index (χ1v) is 9.49. The first-order chi connectivity index (χ1) is 12.9. The number of hydrogen-bond donors (Lipinski definition) is 1. The number of aromatic nitrogens is 3. The van der Waals surface area contributed by atoms with E-state index in [0.29, 0.717) is 0 Å². The Morgan fingerprint density at radius 2 is 1.89 bits per heavy atom. The number of carbonyl (C=O) groups is 1. The number of rotatable bonds is 6. The third kappa shape index (κ3) is 4.39. The van der Waals surface area contributed by atoms with Crippen molar-refractivity contribution in [2.75, 3.05) is 7.11 Å². The standard InChI is InChI=1S/C18H18N4O4S/c1-22-12-15(11-20-22)17-8-3-13(9-19-17)10-21-27(24,25)16-6-4-14(5-7-16)18(23)26-2/h3-9,11-12,21H,10H2,1-2H3. The summed E-state index contributed by atoms with van der Waals surface area (Å²) in [6.45, 7) is 0.0986. The molecular weight excluding hydrogens is 368 g/mol. The van der Waals surface area contributed by atoms with Crippen molar-refractivity contribution < 1.29 is 17.9 Å². The average Bonchev–Trinajstić information content (AvgIpc) is 3.12. The van der Waals surface area contributed by atoms with Crippen molar-refractivity contribution in [1.82, 2.24) is 19.5 Å². The summed E-state index contributed by atoms with van der Waals surface area (Å²) in [5, 5.41) is 4.10. The molecule has 0 saturated carbocycles. The first kappa shape index (κ1) is 18.7. The molecule has 0 radical (unpaired) electrons. The predicted octanol–water partition coefficient (Wildman–Crippen LogP) is 1.75. The Morgan fingerprint density at radius 1 is 1.15 bits per heavy atom. The zero-order chi connectivity index (χ0) is 19.4. The number of hydrogen-bond acceptors (Lipinski definition) is 6. The number of ether oxygens (including phenoxy) is 1. The Morgan fingerprint density at radius 3 is 2.44 bits per heavy atom. The van der Waals surface area contributed by atoms with Gasteiger partial charge in [-0.1, -0.05) is 6.07 Å². The molecule has 1 aromatic carbocycles. The maximum Gasteiger partial charge on any atom is 0.337 e. The third-order valence-corrected chi connectivity index (χ3v) is 5.29. The second-order valence-corrected chi connectivity index (χ2v) is 7.56. The van der Waals surface area contributed by atoms with Crippen LogP contribution in [0.15, 0.2) is 59.9 Å². The molecule has 140 valence electrons. The van der Waals surface area contributed by atoms with Gasteiger partial charge in [0.2, 0.25) is 10.0 Å². The van der Waals surface area contributed by atoms with Crippen molar-refractivity contribution in [3.8, 4) is 11.3 Å². The van der Waals surface area contributed by atoms with Gasteiger partial charge in [-0.05, 0) is 35.9 Å². The lowest BCUT2D eigenvalue weighted by atomic mass is 10.2. The van der Waals surface area contributed by atoms with Crippen molar-refractivity contribution >= 4 is 16.0 Å². The average molecular weight is 386 g/mol. The van der Waals surface area contributed by atoms with E-state index in [0.717, 1.165) is 16.8 Å². The van der Waals surface area contributed by atoms with Gasteiger partial charge in [0.25, 0.3) is 0 Å². The second kappa shape index (κ2) is 7.68. The second-order valence-electron chi connectivity index (χ2n) is 5.79. The molecule has 0 aliphatic rings. The zero-order valence-electron chi connectivity index (χ0n) is 14.8. The minimum Gasteiger partial charge on any atom is -0.465 e. The fourth-order valence-corrected chi connectivity index (χ4v) is 3.42. The molecule has 0 amide bonds. The lowest BCUT2D eigenvalue weighted by Crippen LogP contribution is -2.23. The van der Waals surface area contributed by atoms with Crippen molar-refractivity contribution in [2.24, 2.45) is 7.05 Å². The fraction of sp³-hybridized carbons (Fsp3) is 0.167. The summed E-state index contributed by atoms with van der Waals surface area (Å²) >= 11 is 0. The predicted molar refractivity (Wildman–Crippen MR) is 98.2 cm³/mol. The molecule has 8 nitrogen and oxygen atoms in total. The molecule has 9 heteroatoms. The molecule has 0 unspecified atom stereocenters. The van der Waals surface area contributed by atoms with E-state index in [1.807, 2.05) is 19.3 Å². The molecule has 3 rings (SSSR count). The van der Waals surface area contributed by atoms with Gasteiger partial charge < -0.3 is 4.74 Å². The van der Waals surface area contributed by atoms with E-state index in [1.165, 1.54) is 31.4 Å². The smallest absolute Gasteiger partial charge is 0.337 e. The SMILES string of the molecule is COC(=O)c1ccc(S(=O)(=O)NCc2ccc(-c3cnn(C)c3)nc2)cc1. The molecule has 0 spiro atoms. The Kier molecular flexibility index (Phi) is 5.33. The molecule has 0 aliphatic heterocycles. The molecular formula is C18H18N4O4S. The number of carbonyl (C=O) groups excluding carboxylic acids is 1. The van der Waals surface area contributed by atoms with Crippen molar-refractivity contribution in [3.63, 3.8) is 0 Å². The highest BCUT2D eigenvalue weighted by Gasteiger charge is 2.15. The summed E-state index contributed by atoms with van der Waals surface area (Å²) < 4.78 is 33.6. The van der Waals surface area contributed by atoms with Crippen molar-refractivity contribution in [3.05, 3.63) is 66.1 Å². The lowest BCUT2D eigenvalue weighted by Gasteiger charge is -2.08. The first-order valence-electron chi connectivity index (χ1n) is 8.01. The van der Waals surface area contributed by atoms with Crippen LogP contribution < -0.4 is 4.72 Å². The van der Waals surface area contributed by atoms with Gasteiger partial charge in [0.1, 0.15) is 0 Å². The topological polar surface area (TPSA) is 103 Å². The van der Waals surface area contributed by atoms with Crippen molar-refractivity contribution in [1.29, 1.82) is 0 Å². The summed E-state index contributed by atoms with van der Waals surface area (Å²) in [6.07, 6.45) is 5.18. The summed E-state index contributed by atoms with van der Waals surface area (Å²) in [7, 11) is -0.620. The number of pyridine rings is 1. The Labute approximate surface area is 156 Å².